The Kier molecular flexibility index (Phi) is 5.15. The van der Waals surface area contributed by atoms with Gasteiger partial charge in [-0.2, -0.15) is 0 Å². The van der Waals surface area contributed by atoms with Crippen LogP contribution in [0.2, 0.25) is 0 Å². The monoisotopic (exact) mass is 424 g/mol. The Morgan fingerprint density at radius 3 is 2.42 bits per heavy atom. The number of carbonyl (C=O) groups excluding carboxylic acids is 2. The van der Waals surface area contributed by atoms with Crippen LogP contribution < -0.4 is 0 Å². The highest BCUT2D eigenvalue weighted by Gasteiger charge is 2.66. The zero-order chi connectivity index (χ0) is 22.2. The molecule has 0 aromatic rings. The number of hydrogen-bond acceptors (Lipinski definition) is 2. The SMILES string of the molecule is CC(C)CCC[C@@H](C)[C@H]1C(=O)C[C@H]2[C@@H]3CC=C4C5(CC5)C(=O)CC[C@]4(C)[C@H]3CC[C@]12C. The van der Waals surface area contributed by atoms with Crippen LogP contribution >= 0.6 is 0 Å². The molecule has 0 aromatic carbocycles. The Morgan fingerprint density at radius 2 is 1.74 bits per heavy atom. The Hall–Kier alpha value is -0.920. The van der Waals surface area contributed by atoms with Crippen LogP contribution in [0.15, 0.2) is 11.6 Å². The van der Waals surface area contributed by atoms with Gasteiger partial charge in [0, 0.05) is 18.8 Å². The summed E-state index contributed by atoms with van der Waals surface area (Å²) in [7, 11) is 0. The van der Waals surface area contributed by atoms with Crippen LogP contribution in [0.4, 0.5) is 0 Å². The van der Waals surface area contributed by atoms with Crippen molar-refractivity contribution in [1.29, 1.82) is 0 Å². The van der Waals surface area contributed by atoms with E-state index in [9.17, 15) is 9.59 Å². The van der Waals surface area contributed by atoms with Gasteiger partial charge in [-0.1, -0.05) is 59.1 Å². The average molecular weight is 425 g/mol. The van der Waals surface area contributed by atoms with Gasteiger partial charge in [-0.15, -0.1) is 0 Å². The number of rotatable bonds is 5. The van der Waals surface area contributed by atoms with Crippen LogP contribution in [-0.4, -0.2) is 11.6 Å². The van der Waals surface area contributed by atoms with Crippen molar-refractivity contribution in [2.24, 2.45) is 51.8 Å². The zero-order valence-corrected chi connectivity index (χ0v) is 20.6. The van der Waals surface area contributed by atoms with E-state index in [4.69, 9.17) is 0 Å². The molecule has 0 aromatic heterocycles. The van der Waals surface area contributed by atoms with E-state index >= 15 is 0 Å². The van der Waals surface area contributed by atoms with E-state index in [1.165, 1.54) is 37.7 Å². The molecule has 7 atom stereocenters. The Morgan fingerprint density at radius 1 is 1.00 bits per heavy atom. The van der Waals surface area contributed by atoms with E-state index in [-0.39, 0.29) is 22.2 Å². The normalized spacial score (nSPS) is 44.0. The van der Waals surface area contributed by atoms with E-state index in [0.29, 0.717) is 35.2 Å². The minimum atomic E-state index is -0.0579. The second-order valence-corrected chi connectivity index (χ2v) is 13.1. The molecule has 0 amide bonds. The third-order valence-corrected chi connectivity index (χ3v) is 11.1. The average Bonchev–Trinajstić information content (AvgIpc) is 3.43. The fourth-order valence-corrected chi connectivity index (χ4v) is 9.40. The first-order valence-corrected chi connectivity index (χ1v) is 13.4. The van der Waals surface area contributed by atoms with Crippen LogP contribution in [-0.2, 0) is 9.59 Å². The molecule has 5 aliphatic carbocycles. The Bertz CT molecular complexity index is 802. The van der Waals surface area contributed by atoms with Crippen molar-refractivity contribution in [3.63, 3.8) is 0 Å². The first kappa shape index (κ1) is 21.9. The van der Waals surface area contributed by atoms with Gasteiger partial charge in [-0.25, -0.2) is 0 Å². The van der Waals surface area contributed by atoms with Gasteiger partial charge < -0.3 is 0 Å². The van der Waals surface area contributed by atoms with Crippen molar-refractivity contribution in [2.75, 3.05) is 0 Å². The molecular weight excluding hydrogens is 380 g/mol. The minimum absolute atomic E-state index is 0.0579. The first-order chi connectivity index (χ1) is 14.6. The van der Waals surface area contributed by atoms with Crippen molar-refractivity contribution >= 4 is 11.6 Å². The van der Waals surface area contributed by atoms with Crippen LogP contribution in [0.5, 0.6) is 0 Å². The van der Waals surface area contributed by atoms with E-state index in [2.05, 4.69) is 40.7 Å². The maximum absolute atomic E-state index is 13.4. The predicted molar refractivity (Wildman–Crippen MR) is 125 cm³/mol. The van der Waals surface area contributed by atoms with Gasteiger partial charge in [-0.05, 0) is 85.4 Å². The summed E-state index contributed by atoms with van der Waals surface area (Å²) in [6.45, 7) is 12.0. The van der Waals surface area contributed by atoms with Crippen LogP contribution in [0.1, 0.15) is 105 Å². The molecule has 0 unspecified atom stereocenters. The molecule has 1 spiro atoms. The molecular formula is C29H44O2. The molecule has 0 aliphatic heterocycles. The lowest BCUT2D eigenvalue weighted by atomic mass is 9.45. The maximum atomic E-state index is 13.4. The summed E-state index contributed by atoms with van der Waals surface area (Å²) in [6.07, 6.45) is 14.7. The highest BCUT2D eigenvalue weighted by molar-refractivity contribution is 5.92. The summed E-state index contributed by atoms with van der Waals surface area (Å²) in [4.78, 5) is 26.2. The Labute approximate surface area is 190 Å². The summed E-state index contributed by atoms with van der Waals surface area (Å²) in [5.41, 5.74) is 1.87. The number of Topliss-reactive ketones (excluding diaryl/α,β-unsaturated/α-hetero) is 2. The number of hydrogen-bond donors (Lipinski definition) is 0. The van der Waals surface area contributed by atoms with Crippen molar-refractivity contribution in [1.82, 2.24) is 0 Å². The first-order valence-electron chi connectivity index (χ1n) is 13.4. The molecule has 0 N–H and O–H groups in total. The van der Waals surface area contributed by atoms with E-state index in [1.54, 1.807) is 0 Å². The molecule has 5 aliphatic rings. The lowest BCUT2D eigenvalue weighted by molar-refractivity contribution is -0.129. The van der Waals surface area contributed by atoms with E-state index in [1.807, 2.05) is 0 Å². The third-order valence-electron chi connectivity index (χ3n) is 11.1. The molecule has 2 nitrogen and oxygen atoms in total. The summed E-state index contributed by atoms with van der Waals surface area (Å²) < 4.78 is 0. The van der Waals surface area contributed by atoms with Crippen molar-refractivity contribution in [3.05, 3.63) is 11.6 Å². The standard InChI is InChI=1S/C29H44O2/c1-18(2)7-6-8-19(3)26-23(30)17-22-20-9-10-24-27(4,21(20)11-13-28(22,26)5)14-12-25(31)29(24)15-16-29/h10,18-22,26H,6-9,11-17H2,1-5H3/t19-,20-,21+,22+,26+,27-,28+/m1/s1. The molecule has 4 saturated carbocycles. The van der Waals surface area contributed by atoms with Crippen LogP contribution in [0.25, 0.3) is 0 Å². The van der Waals surface area contributed by atoms with E-state index < -0.39 is 0 Å². The second-order valence-electron chi connectivity index (χ2n) is 13.1. The van der Waals surface area contributed by atoms with Gasteiger partial charge in [0.15, 0.2) is 0 Å². The van der Waals surface area contributed by atoms with Crippen molar-refractivity contribution in [3.8, 4) is 0 Å². The van der Waals surface area contributed by atoms with Crippen molar-refractivity contribution in [2.45, 2.75) is 105 Å². The highest BCUT2D eigenvalue weighted by Crippen LogP contribution is 2.71. The molecule has 5 rings (SSSR count). The highest BCUT2D eigenvalue weighted by atomic mass is 16.1. The fourth-order valence-electron chi connectivity index (χ4n) is 9.40. The predicted octanol–water partition coefficient (Wildman–Crippen LogP) is 7.17. The number of ketones is 2. The van der Waals surface area contributed by atoms with E-state index in [0.717, 1.165) is 44.4 Å². The minimum Gasteiger partial charge on any atom is -0.299 e. The van der Waals surface area contributed by atoms with Crippen molar-refractivity contribution < 1.29 is 9.59 Å². The quantitative estimate of drug-likeness (QED) is 0.439. The van der Waals surface area contributed by atoms with Gasteiger partial charge in [-0.3, -0.25) is 9.59 Å². The molecule has 172 valence electrons. The topological polar surface area (TPSA) is 34.1 Å². The molecule has 0 saturated heterocycles. The summed E-state index contributed by atoms with van der Waals surface area (Å²) >= 11 is 0. The van der Waals surface area contributed by atoms with Gasteiger partial charge in [0.1, 0.15) is 11.6 Å². The summed E-state index contributed by atoms with van der Waals surface area (Å²) in [6, 6.07) is 0. The molecule has 0 bridgehead atoms. The number of fused-ring (bicyclic) bond motifs is 6. The lowest BCUT2D eigenvalue weighted by Gasteiger charge is -2.58. The smallest absolute Gasteiger partial charge is 0.143 e. The molecule has 0 radical (unpaired) electrons. The third kappa shape index (κ3) is 3.09. The number of carbonyl (C=O) groups is 2. The fraction of sp³-hybridized carbons (Fsp3) is 0.862. The van der Waals surface area contributed by atoms with Gasteiger partial charge >= 0.3 is 0 Å². The zero-order valence-electron chi connectivity index (χ0n) is 20.6. The lowest BCUT2D eigenvalue weighted by Crippen LogP contribution is -2.52. The van der Waals surface area contributed by atoms with Crippen LogP contribution in [0.3, 0.4) is 0 Å². The van der Waals surface area contributed by atoms with Gasteiger partial charge in [0.05, 0.1) is 5.41 Å². The molecule has 4 fully saturated rings. The van der Waals surface area contributed by atoms with Gasteiger partial charge in [0.2, 0.25) is 0 Å². The number of allylic oxidation sites excluding steroid dienone is 2. The summed E-state index contributed by atoms with van der Waals surface area (Å²) in [5, 5.41) is 0. The second kappa shape index (κ2) is 7.29. The largest absolute Gasteiger partial charge is 0.299 e. The molecule has 0 heterocycles. The molecule has 31 heavy (non-hydrogen) atoms. The molecule has 2 heteroatoms. The van der Waals surface area contributed by atoms with Gasteiger partial charge in [0.25, 0.3) is 0 Å². The maximum Gasteiger partial charge on any atom is 0.143 e. The Balaban J connectivity index is 1.40. The summed E-state index contributed by atoms with van der Waals surface area (Å²) in [5.74, 6) is 4.53. The van der Waals surface area contributed by atoms with Crippen LogP contribution in [0, 0.1) is 51.8 Å².